The molecule has 0 saturated carbocycles. The number of para-hydroxylation sites is 1. The standard InChI is InChI=1S/C20H17FN2O2/c21-17-7-5-16(6-8-17)14-25-19-4-2-1-3-18(19)20(24)23-13-15-9-11-22-12-10-15/h1-12H,13-14H2,(H,23,24). The predicted molar refractivity (Wildman–Crippen MR) is 92.6 cm³/mol. The molecule has 1 N–H and O–H groups in total. The number of amides is 1. The summed E-state index contributed by atoms with van der Waals surface area (Å²) >= 11 is 0. The molecule has 0 spiro atoms. The van der Waals surface area contributed by atoms with E-state index in [1.165, 1.54) is 12.1 Å². The van der Waals surface area contributed by atoms with Crippen LogP contribution in [0.2, 0.25) is 0 Å². The number of halogens is 1. The second kappa shape index (κ2) is 8.06. The first-order valence-corrected chi connectivity index (χ1v) is 7.86. The maximum atomic E-state index is 12.9. The van der Waals surface area contributed by atoms with Gasteiger partial charge < -0.3 is 10.1 Å². The fraction of sp³-hybridized carbons (Fsp3) is 0.100. The van der Waals surface area contributed by atoms with Gasteiger partial charge in [0.05, 0.1) is 5.56 Å². The second-order valence-electron chi connectivity index (χ2n) is 5.45. The minimum absolute atomic E-state index is 0.216. The average molecular weight is 336 g/mol. The maximum absolute atomic E-state index is 12.9. The van der Waals surface area contributed by atoms with Crippen molar-refractivity contribution in [3.8, 4) is 5.75 Å². The fourth-order valence-corrected chi connectivity index (χ4v) is 2.30. The van der Waals surface area contributed by atoms with Crippen molar-refractivity contribution in [3.63, 3.8) is 0 Å². The third kappa shape index (κ3) is 4.64. The van der Waals surface area contributed by atoms with Crippen LogP contribution >= 0.6 is 0 Å². The van der Waals surface area contributed by atoms with Gasteiger partial charge in [-0.25, -0.2) is 4.39 Å². The first kappa shape index (κ1) is 16.6. The molecule has 4 nitrogen and oxygen atoms in total. The van der Waals surface area contributed by atoms with Crippen molar-refractivity contribution in [2.24, 2.45) is 0 Å². The van der Waals surface area contributed by atoms with Crippen LogP contribution in [0.3, 0.4) is 0 Å². The van der Waals surface area contributed by atoms with Crippen molar-refractivity contribution in [3.05, 3.63) is 95.6 Å². The molecule has 0 bridgehead atoms. The van der Waals surface area contributed by atoms with E-state index in [2.05, 4.69) is 10.3 Å². The first-order chi connectivity index (χ1) is 12.2. The number of hydrogen-bond acceptors (Lipinski definition) is 3. The summed E-state index contributed by atoms with van der Waals surface area (Å²) in [5.74, 6) is -0.0230. The minimum atomic E-state index is -0.292. The number of benzene rings is 2. The zero-order chi connectivity index (χ0) is 17.5. The summed E-state index contributed by atoms with van der Waals surface area (Å²) < 4.78 is 18.7. The van der Waals surface area contributed by atoms with Crippen molar-refractivity contribution in [2.45, 2.75) is 13.2 Å². The van der Waals surface area contributed by atoms with Crippen LogP contribution in [0.25, 0.3) is 0 Å². The van der Waals surface area contributed by atoms with E-state index in [0.717, 1.165) is 11.1 Å². The van der Waals surface area contributed by atoms with Crippen LogP contribution in [0.15, 0.2) is 73.1 Å². The zero-order valence-electron chi connectivity index (χ0n) is 13.5. The van der Waals surface area contributed by atoms with E-state index in [1.807, 2.05) is 12.1 Å². The number of carbonyl (C=O) groups excluding carboxylic acids is 1. The summed E-state index contributed by atoms with van der Waals surface area (Å²) in [5.41, 5.74) is 2.25. The molecule has 0 saturated heterocycles. The Morgan fingerprint density at radius 3 is 2.44 bits per heavy atom. The molecule has 126 valence electrons. The molecule has 5 heteroatoms. The van der Waals surface area contributed by atoms with Crippen LogP contribution in [0.4, 0.5) is 4.39 Å². The maximum Gasteiger partial charge on any atom is 0.255 e. The largest absolute Gasteiger partial charge is 0.488 e. The number of rotatable bonds is 6. The Morgan fingerprint density at radius 1 is 0.960 bits per heavy atom. The van der Waals surface area contributed by atoms with Crippen LogP contribution in [0.5, 0.6) is 5.75 Å². The lowest BCUT2D eigenvalue weighted by molar-refractivity contribution is 0.0946. The molecule has 3 aromatic rings. The summed E-state index contributed by atoms with van der Waals surface area (Å²) in [7, 11) is 0. The third-order valence-electron chi connectivity index (χ3n) is 3.64. The Labute approximate surface area is 145 Å². The van der Waals surface area contributed by atoms with E-state index in [9.17, 15) is 9.18 Å². The van der Waals surface area contributed by atoms with Crippen molar-refractivity contribution in [1.82, 2.24) is 10.3 Å². The van der Waals surface area contributed by atoms with E-state index >= 15 is 0 Å². The molecule has 0 radical (unpaired) electrons. The molecule has 3 rings (SSSR count). The van der Waals surface area contributed by atoms with Crippen LogP contribution in [0.1, 0.15) is 21.5 Å². The SMILES string of the molecule is O=C(NCc1ccncc1)c1ccccc1OCc1ccc(F)cc1. The van der Waals surface area contributed by atoms with Gasteiger partial charge >= 0.3 is 0 Å². The lowest BCUT2D eigenvalue weighted by Crippen LogP contribution is -2.23. The Bertz CT molecular complexity index is 836. The highest BCUT2D eigenvalue weighted by Crippen LogP contribution is 2.19. The number of nitrogens with one attached hydrogen (secondary N) is 1. The van der Waals surface area contributed by atoms with E-state index in [0.29, 0.717) is 17.9 Å². The molecule has 0 atom stereocenters. The monoisotopic (exact) mass is 336 g/mol. The van der Waals surface area contributed by atoms with Gasteiger partial charge in [0, 0.05) is 18.9 Å². The normalized spacial score (nSPS) is 10.3. The summed E-state index contributed by atoms with van der Waals surface area (Å²) in [6.07, 6.45) is 3.36. The van der Waals surface area contributed by atoms with E-state index < -0.39 is 0 Å². The molecule has 1 heterocycles. The Balaban J connectivity index is 1.65. The minimum Gasteiger partial charge on any atom is -0.488 e. The number of aromatic nitrogens is 1. The predicted octanol–water partition coefficient (Wildman–Crippen LogP) is 3.73. The quantitative estimate of drug-likeness (QED) is 0.746. The summed E-state index contributed by atoms with van der Waals surface area (Å²) in [4.78, 5) is 16.4. The molecule has 1 aromatic heterocycles. The summed E-state index contributed by atoms with van der Waals surface area (Å²) in [6.45, 7) is 0.669. The molecule has 1 amide bonds. The smallest absolute Gasteiger partial charge is 0.255 e. The van der Waals surface area contributed by atoms with Crippen LogP contribution < -0.4 is 10.1 Å². The van der Waals surface area contributed by atoms with Gasteiger partial charge in [0.15, 0.2) is 0 Å². The Morgan fingerprint density at radius 2 is 1.68 bits per heavy atom. The molecular formula is C20H17FN2O2. The van der Waals surface area contributed by atoms with E-state index in [-0.39, 0.29) is 18.3 Å². The number of hydrogen-bond donors (Lipinski definition) is 1. The highest BCUT2D eigenvalue weighted by molar-refractivity contribution is 5.96. The molecule has 25 heavy (non-hydrogen) atoms. The Kier molecular flexibility index (Phi) is 5.36. The van der Waals surface area contributed by atoms with Gasteiger partial charge in [-0.1, -0.05) is 24.3 Å². The summed E-state index contributed by atoms with van der Waals surface area (Å²) in [5, 5.41) is 2.86. The molecule has 0 aliphatic heterocycles. The van der Waals surface area contributed by atoms with Crippen molar-refractivity contribution >= 4 is 5.91 Å². The average Bonchev–Trinajstić information content (AvgIpc) is 2.67. The second-order valence-corrected chi connectivity index (χ2v) is 5.45. The van der Waals surface area contributed by atoms with Crippen LogP contribution in [0, 0.1) is 5.82 Å². The van der Waals surface area contributed by atoms with Gasteiger partial charge in [-0.15, -0.1) is 0 Å². The van der Waals surface area contributed by atoms with E-state index in [1.54, 1.807) is 48.8 Å². The molecule has 0 fully saturated rings. The fourth-order valence-electron chi connectivity index (χ4n) is 2.30. The third-order valence-corrected chi connectivity index (χ3v) is 3.64. The van der Waals surface area contributed by atoms with Crippen molar-refractivity contribution < 1.29 is 13.9 Å². The first-order valence-electron chi connectivity index (χ1n) is 7.86. The van der Waals surface area contributed by atoms with Gasteiger partial charge in [0.1, 0.15) is 18.2 Å². The Hall–Kier alpha value is -3.21. The van der Waals surface area contributed by atoms with Gasteiger partial charge in [-0.05, 0) is 47.5 Å². The number of ether oxygens (including phenoxy) is 1. The molecule has 2 aromatic carbocycles. The van der Waals surface area contributed by atoms with Crippen LogP contribution in [-0.2, 0) is 13.2 Å². The van der Waals surface area contributed by atoms with Gasteiger partial charge in [-0.2, -0.15) is 0 Å². The molecule has 0 aliphatic rings. The van der Waals surface area contributed by atoms with Gasteiger partial charge in [-0.3, -0.25) is 9.78 Å². The number of nitrogens with zero attached hydrogens (tertiary/aromatic N) is 1. The number of pyridine rings is 1. The van der Waals surface area contributed by atoms with E-state index in [4.69, 9.17) is 4.74 Å². The molecular weight excluding hydrogens is 319 g/mol. The topological polar surface area (TPSA) is 51.2 Å². The number of carbonyl (C=O) groups is 1. The van der Waals surface area contributed by atoms with Gasteiger partial charge in [0.2, 0.25) is 0 Å². The lowest BCUT2D eigenvalue weighted by atomic mass is 10.1. The molecule has 0 aliphatic carbocycles. The summed E-state index contributed by atoms with van der Waals surface area (Å²) in [6, 6.07) is 16.8. The highest BCUT2D eigenvalue weighted by atomic mass is 19.1. The van der Waals surface area contributed by atoms with Gasteiger partial charge in [0.25, 0.3) is 5.91 Å². The lowest BCUT2D eigenvalue weighted by Gasteiger charge is -2.12. The molecule has 0 unspecified atom stereocenters. The highest BCUT2D eigenvalue weighted by Gasteiger charge is 2.12. The van der Waals surface area contributed by atoms with Crippen LogP contribution in [-0.4, -0.2) is 10.9 Å². The van der Waals surface area contributed by atoms with Crippen molar-refractivity contribution in [1.29, 1.82) is 0 Å². The zero-order valence-corrected chi connectivity index (χ0v) is 13.5. The van der Waals surface area contributed by atoms with Crippen molar-refractivity contribution in [2.75, 3.05) is 0 Å².